The third kappa shape index (κ3) is 3.07. The minimum atomic E-state index is -0.689. The van der Waals surface area contributed by atoms with Gasteiger partial charge in [0.1, 0.15) is 17.1 Å². The Labute approximate surface area is 152 Å². The summed E-state index contributed by atoms with van der Waals surface area (Å²) in [5, 5.41) is 0. The van der Waals surface area contributed by atoms with E-state index in [2.05, 4.69) is 0 Å². The number of esters is 2. The third-order valence-electron chi connectivity index (χ3n) is 4.36. The molecule has 0 saturated heterocycles. The van der Waals surface area contributed by atoms with Gasteiger partial charge in [0.15, 0.2) is 0 Å². The summed E-state index contributed by atoms with van der Waals surface area (Å²) in [6.45, 7) is 4.33. The van der Waals surface area contributed by atoms with Gasteiger partial charge in [0.05, 0.1) is 26.9 Å². The van der Waals surface area contributed by atoms with Crippen LogP contribution in [0.5, 0.6) is 11.5 Å². The number of benzene rings is 1. The number of hydrogen-bond donors (Lipinski definition) is 0. The number of hydrogen-bond acceptors (Lipinski definition) is 6. The van der Waals surface area contributed by atoms with Crippen molar-refractivity contribution in [2.24, 2.45) is 0 Å². The molecule has 0 aromatic heterocycles. The first-order chi connectivity index (χ1) is 12.6. The summed E-state index contributed by atoms with van der Waals surface area (Å²) >= 11 is 0. The molecule has 138 valence electrons. The van der Waals surface area contributed by atoms with Gasteiger partial charge in [-0.25, -0.2) is 9.59 Å². The average Bonchev–Trinajstić information content (AvgIpc) is 3.10. The van der Waals surface area contributed by atoms with E-state index in [-0.39, 0.29) is 18.8 Å². The molecule has 0 bridgehead atoms. The molecule has 1 aliphatic carbocycles. The number of allylic oxidation sites excluding steroid dienone is 2. The normalized spacial score (nSPS) is 14.2. The van der Waals surface area contributed by atoms with Crippen molar-refractivity contribution in [3.05, 3.63) is 34.4 Å². The lowest BCUT2D eigenvalue weighted by atomic mass is 9.86. The fourth-order valence-corrected chi connectivity index (χ4v) is 3.33. The molecule has 0 radical (unpaired) electrons. The number of methoxy groups -OCH3 is 1. The van der Waals surface area contributed by atoms with Gasteiger partial charge in [0.2, 0.25) is 0 Å². The largest absolute Gasteiger partial charge is 0.496 e. The molecule has 6 heteroatoms. The van der Waals surface area contributed by atoms with Crippen LogP contribution in [0.4, 0.5) is 0 Å². The first kappa shape index (κ1) is 18.0. The summed E-state index contributed by atoms with van der Waals surface area (Å²) in [5.74, 6) is 0.00681. The molecule has 0 unspecified atom stereocenters. The second-order valence-corrected chi connectivity index (χ2v) is 5.86. The van der Waals surface area contributed by atoms with Gasteiger partial charge < -0.3 is 18.9 Å². The third-order valence-corrected chi connectivity index (χ3v) is 4.36. The minimum Gasteiger partial charge on any atom is -0.496 e. The SMILES string of the molecule is CCOC(=O)C(C(=O)OCC)=C1CC=Cc2c3c(cc(OC)c21)CCO3. The van der Waals surface area contributed by atoms with Crippen LogP contribution in [0, 0.1) is 0 Å². The molecule has 0 amide bonds. The molecule has 1 aromatic carbocycles. The van der Waals surface area contributed by atoms with E-state index in [9.17, 15) is 9.59 Å². The monoisotopic (exact) mass is 358 g/mol. The van der Waals surface area contributed by atoms with Crippen LogP contribution in [0.15, 0.2) is 17.7 Å². The van der Waals surface area contributed by atoms with Crippen molar-refractivity contribution in [1.29, 1.82) is 0 Å². The molecule has 0 fully saturated rings. The first-order valence-corrected chi connectivity index (χ1v) is 8.73. The number of carbonyl (C=O) groups is 2. The number of fused-ring (bicyclic) bond motifs is 3. The Bertz CT molecular complexity index is 783. The molecule has 0 atom stereocenters. The summed E-state index contributed by atoms with van der Waals surface area (Å²) in [6.07, 6.45) is 5.04. The van der Waals surface area contributed by atoms with Crippen LogP contribution < -0.4 is 9.47 Å². The van der Waals surface area contributed by atoms with E-state index in [1.165, 1.54) is 0 Å². The van der Waals surface area contributed by atoms with E-state index in [1.54, 1.807) is 21.0 Å². The van der Waals surface area contributed by atoms with Gasteiger partial charge in [-0.2, -0.15) is 0 Å². The first-order valence-electron chi connectivity index (χ1n) is 8.73. The molecule has 0 saturated carbocycles. The van der Waals surface area contributed by atoms with Crippen LogP contribution in [-0.4, -0.2) is 38.9 Å². The van der Waals surface area contributed by atoms with Gasteiger partial charge in [0.25, 0.3) is 0 Å². The minimum absolute atomic E-state index is 0.0875. The highest BCUT2D eigenvalue weighted by Crippen LogP contribution is 2.46. The molecule has 1 aliphatic heterocycles. The van der Waals surface area contributed by atoms with Crippen molar-refractivity contribution in [2.75, 3.05) is 26.9 Å². The fourth-order valence-electron chi connectivity index (χ4n) is 3.33. The zero-order valence-corrected chi connectivity index (χ0v) is 15.2. The molecular weight excluding hydrogens is 336 g/mol. The van der Waals surface area contributed by atoms with E-state index in [1.807, 2.05) is 18.2 Å². The summed E-state index contributed by atoms with van der Waals surface area (Å²) in [7, 11) is 1.57. The summed E-state index contributed by atoms with van der Waals surface area (Å²) in [4.78, 5) is 25.0. The number of carbonyl (C=O) groups excluding carboxylic acids is 2. The number of rotatable bonds is 5. The average molecular weight is 358 g/mol. The van der Waals surface area contributed by atoms with Gasteiger partial charge in [-0.1, -0.05) is 12.2 Å². The summed E-state index contributed by atoms with van der Waals surface area (Å²) in [6, 6.07) is 1.91. The van der Waals surface area contributed by atoms with Crippen LogP contribution in [-0.2, 0) is 25.5 Å². The van der Waals surface area contributed by atoms with Gasteiger partial charge in [0, 0.05) is 23.1 Å². The van der Waals surface area contributed by atoms with E-state index in [0.717, 1.165) is 23.3 Å². The number of ether oxygens (including phenoxy) is 4. The van der Waals surface area contributed by atoms with Gasteiger partial charge in [-0.3, -0.25) is 0 Å². The van der Waals surface area contributed by atoms with Crippen molar-refractivity contribution < 1.29 is 28.5 Å². The van der Waals surface area contributed by atoms with E-state index < -0.39 is 11.9 Å². The van der Waals surface area contributed by atoms with Crippen LogP contribution >= 0.6 is 0 Å². The van der Waals surface area contributed by atoms with Crippen molar-refractivity contribution in [3.63, 3.8) is 0 Å². The standard InChI is InChI=1S/C20H22O6/c1-4-24-19(21)17(20(22)25-5-2)13-7-6-8-14-16(13)15(23-3)11-12-9-10-26-18(12)14/h6,8,11H,4-5,7,9-10H2,1-3H3. The Balaban J connectivity index is 2.25. The molecule has 3 rings (SSSR count). The fraction of sp³-hybridized carbons (Fsp3) is 0.400. The smallest absolute Gasteiger partial charge is 0.345 e. The van der Waals surface area contributed by atoms with E-state index in [4.69, 9.17) is 18.9 Å². The van der Waals surface area contributed by atoms with E-state index in [0.29, 0.717) is 29.9 Å². The Morgan fingerprint density at radius 1 is 1.15 bits per heavy atom. The van der Waals surface area contributed by atoms with Crippen LogP contribution in [0.3, 0.4) is 0 Å². The summed E-state index contributed by atoms with van der Waals surface area (Å²) in [5.41, 5.74) is 3.02. The summed E-state index contributed by atoms with van der Waals surface area (Å²) < 4.78 is 21.6. The maximum absolute atomic E-state index is 12.5. The van der Waals surface area contributed by atoms with Crippen molar-refractivity contribution in [2.45, 2.75) is 26.7 Å². The molecule has 26 heavy (non-hydrogen) atoms. The van der Waals surface area contributed by atoms with Crippen LogP contribution in [0.2, 0.25) is 0 Å². The van der Waals surface area contributed by atoms with Crippen LogP contribution in [0.1, 0.15) is 37.0 Å². The molecule has 1 heterocycles. The Morgan fingerprint density at radius 2 is 1.85 bits per heavy atom. The van der Waals surface area contributed by atoms with Gasteiger partial charge >= 0.3 is 11.9 Å². The van der Waals surface area contributed by atoms with E-state index >= 15 is 0 Å². The Hall–Kier alpha value is -2.76. The van der Waals surface area contributed by atoms with Crippen molar-refractivity contribution in [1.82, 2.24) is 0 Å². The zero-order valence-electron chi connectivity index (χ0n) is 15.2. The topological polar surface area (TPSA) is 71.1 Å². The Kier molecular flexibility index (Phi) is 5.30. The molecule has 1 aromatic rings. The Morgan fingerprint density at radius 3 is 2.46 bits per heavy atom. The lowest BCUT2D eigenvalue weighted by molar-refractivity contribution is -0.146. The molecule has 6 nitrogen and oxygen atoms in total. The second-order valence-electron chi connectivity index (χ2n) is 5.86. The highest BCUT2D eigenvalue weighted by atomic mass is 16.6. The maximum atomic E-state index is 12.5. The van der Waals surface area contributed by atoms with Crippen molar-refractivity contribution >= 4 is 23.6 Å². The molecule has 0 N–H and O–H groups in total. The van der Waals surface area contributed by atoms with Crippen LogP contribution in [0.25, 0.3) is 11.6 Å². The molecular formula is C20H22O6. The predicted molar refractivity (Wildman–Crippen MR) is 96.0 cm³/mol. The van der Waals surface area contributed by atoms with Gasteiger partial charge in [-0.15, -0.1) is 0 Å². The molecule has 2 aliphatic rings. The lowest BCUT2D eigenvalue weighted by Crippen LogP contribution is -2.21. The van der Waals surface area contributed by atoms with Crippen molar-refractivity contribution in [3.8, 4) is 11.5 Å². The molecule has 0 spiro atoms. The van der Waals surface area contributed by atoms with Gasteiger partial charge in [-0.05, 0) is 31.9 Å². The predicted octanol–water partition coefficient (Wildman–Crippen LogP) is 2.93. The highest BCUT2D eigenvalue weighted by Gasteiger charge is 2.32. The zero-order chi connectivity index (χ0) is 18.7. The highest BCUT2D eigenvalue weighted by molar-refractivity contribution is 6.21. The lowest BCUT2D eigenvalue weighted by Gasteiger charge is -2.22. The second kappa shape index (κ2) is 7.64. The quantitative estimate of drug-likeness (QED) is 0.349. The maximum Gasteiger partial charge on any atom is 0.345 e.